The number of rotatable bonds is 5. The summed E-state index contributed by atoms with van der Waals surface area (Å²) in [7, 11) is 0. The Labute approximate surface area is 176 Å². The quantitative estimate of drug-likeness (QED) is 0.491. The summed E-state index contributed by atoms with van der Waals surface area (Å²) in [5.74, 6) is 0.897. The first-order valence-electron chi connectivity index (χ1n) is 10.3. The lowest BCUT2D eigenvalue weighted by Crippen LogP contribution is -2.46. The van der Waals surface area contributed by atoms with Crippen LogP contribution in [0.3, 0.4) is 0 Å². The van der Waals surface area contributed by atoms with Crippen molar-refractivity contribution in [1.82, 2.24) is 9.97 Å². The normalized spacial score (nSPS) is 14.1. The van der Waals surface area contributed by atoms with E-state index in [0.717, 1.165) is 49.6 Å². The van der Waals surface area contributed by atoms with Gasteiger partial charge in [-0.05, 0) is 42.0 Å². The summed E-state index contributed by atoms with van der Waals surface area (Å²) in [5, 5.41) is 0. The van der Waals surface area contributed by atoms with E-state index in [0.29, 0.717) is 0 Å². The number of pyridine rings is 2. The minimum Gasteiger partial charge on any atom is -0.464 e. The third kappa shape index (κ3) is 3.79. The lowest BCUT2D eigenvalue weighted by atomic mass is 9.99. The third-order valence-corrected chi connectivity index (χ3v) is 5.68. The van der Waals surface area contributed by atoms with Crippen molar-refractivity contribution in [2.75, 3.05) is 36.0 Å². The molecule has 0 aliphatic carbocycles. The molecule has 0 spiro atoms. The summed E-state index contributed by atoms with van der Waals surface area (Å²) in [4.78, 5) is 13.8. The Morgan fingerprint density at radius 2 is 1.57 bits per heavy atom. The highest BCUT2D eigenvalue weighted by atomic mass is 16.3. The summed E-state index contributed by atoms with van der Waals surface area (Å²) < 4.78 is 5.66. The number of furan rings is 1. The van der Waals surface area contributed by atoms with Crippen LogP contribution in [-0.2, 0) is 6.42 Å². The third-order valence-electron chi connectivity index (χ3n) is 5.68. The number of aromatic nitrogens is 2. The van der Waals surface area contributed by atoms with Crippen molar-refractivity contribution < 1.29 is 4.42 Å². The zero-order valence-corrected chi connectivity index (χ0v) is 16.8. The molecule has 5 nitrogen and oxygen atoms in total. The molecule has 4 aromatic rings. The fourth-order valence-corrected chi connectivity index (χ4v) is 4.14. The SMILES string of the molecule is c1coc(-c2ccccc2Cc2ncccc2N2CCN(c3ccncc3)CC2)c1. The van der Waals surface area contributed by atoms with Gasteiger partial charge in [0.1, 0.15) is 5.76 Å². The molecule has 0 saturated carbocycles. The molecule has 1 fully saturated rings. The average molecular weight is 396 g/mol. The van der Waals surface area contributed by atoms with Gasteiger partial charge in [-0.25, -0.2) is 0 Å². The van der Waals surface area contributed by atoms with E-state index in [9.17, 15) is 0 Å². The molecule has 0 amide bonds. The molecule has 30 heavy (non-hydrogen) atoms. The van der Waals surface area contributed by atoms with Gasteiger partial charge in [0.05, 0.1) is 17.6 Å². The summed E-state index contributed by atoms with van der Waals surface area (Å²) in [6.45, 7) is 3.92. The molecule has 0 atom stereocenters. The Bertz CT molecular complexity index is 1090. The van der Waals surface area contributed by atoms with Gasteiger partial charge in [0, 0.05) is 62.4 Å². The molecule has 150 valence electrons. The van der Waals surface area contributed by atoms with Crippen LogP contribution in [-0.4, -0.2) is 36.1 Å². The molecule has 0 unspecified atom stereocenters. The summed E-state index contributed by atoms with van der Waals surface area (Å²) in [6.07, 6.45) is 8.11. The fraction of sp³-hybridized carbons (Fsp3) is 0.200. The van der Waals surface area contributed by atoms with Gasteiger partial charge in [-0.3, -0.25) is 9.97 Å². The molecule has 3 aromatic heterocycles. The molecule has 1 aliphatic rings. The largest absolute Gasteiger partial charge is 0.464 e. The molecule has 5 heteroatoms. The maximum atomic E-state index is 5.66. The molecule has 0 bridgehead atoms. The highest BCUT2D eigenvalue weighted by Gasteiger charge is 2.20. The van der Waals surface area contributed by atoms with Crippen molar-refractivity contribution in [3.05, 3.63) is 96.8 Å². The smallest absolute Gasteiger partial charge is 0.134 e. The van der Waals surface area contributed by atoms with E-state index in [4.69, 9.17) is 9.40 Å². The van der Waals surface area contributed by atoms with Crippen LogP contribution < -0.4 is 9.80 Å². The molecular formula is C25H24N4O. The lowest BCUT2D eigenvalue weighted by Gasteiger charge is -2.38. The second kappa shape index (κ2) is 8.41. The predicted molar refractivity (Wildman–Crippen MR) is 120 cm³/mol. The van der Waals surface area contributed by atoms with E-state index < -0.39 is 0 Å². The highest BCUT2D eigenvalue weighted by Crippen LogP contribution is 2.29. The number of anilines is 2. The number of hydrogen-bond donors (Lipinski definition) is 0. The number of benzene rings is 1. The standard InChI is InChI=1S/C25H24N4O/c1-2-6-22(25-8-4-18-30-25)20(5-1)19-23-24(7-3-11-27-23)29-16-14-28(15-17-29)21-9-12-26-13-10-21/h1-13,18H,14-17,19H2. The predicted octanol–water partition coefficient (Wildman–Crippen LogP) is 4.65. The van der Waals surface area contributed by atoms with Crippen LogP contribution in [0.5, 0.6) is 0 Å². The Morgan fingerprint density at radius 3 is 2.37 bits per heavy atom. The van der Waals surface area contributed by atoms with E-state index in [2.05, 4.69) is 57.2 Å². The van der Waals surface area contributed by atoms with E-state index in [1.165, 1.54) is 16.9 Å². The van der Waals surface area contributed by atoms with Crippen molar-refractivity contribution >= 4 is 11.4 Å². The highest BCUT2D eigenvalue weighted by molar-refractivity contribution is 5.64. The van der Waals surface area contributed by atoms with E-state index in [1.54, 1.807) is 6.26 Å². The second-order valence-corrected chi connectivity index (χ2v) is 7.46. The second-order valence-electron chi connectivity index (χ2n) is 7.46. The molecule has 4 heterocycles. The molecule has 1 saturated heterocycles. The summed E-state index contributed by atoms with van der Waals surface area (Å²) in [6, 6.07) is 20.7. The number of hydrogen-bond acceptors (Lipinski definition) is 5. The van der Waals surface area contributed by atoms with Crippen LogP contribution in [0.1, 0.15) is 11.3 Å². The van der Waals surface area contributed by atoms with E-state index in [-0.39, 0.29) is 0 Å². The molecule has 1 aromatic carbocycles. The van der Waals surface area contributed by atoms with Gasteiger partial charge in [0.25, 0.3) is 0 Å². The van der Waals surface area contributed by atoms with Crippen LogP contribution in [0, 0.1) is 0 Å². The van der Waals surface area contributed by atoms with Crippen LogP contribution in [0.15, 0.2) is 89.9 Å². The van der Waals surface area contributed by atoms with Gasteiger partial charge < -0.3 is 14.2 Å². The molecule has 0 N–H and O–H groups in total. The van der Waals surface area contributed by atoms with Gasteiger partial charge in [0.2, 0.25) is 0 Å². The molecule has 1 aliphatic heterocycles. The van der Waals surface area contributed by atoms with Gasteiger partial charge >= 0.3 is 0 Å². The van der Waals surface area contributed by atoms with Gasteiger partial charge in [-0.1, -0.05) is 24.3 Å². The first-order chi connectivity index (χ1) is 14.9. The zero-order chi connectivity index (χ0) is 20.2. The maximum absolute atomic E-state index is 5.66. The van der Waals surface area contributed by atoms with Gasteiger partial charge in [-0.2, -0.15) is 0 Å². The number of nitrogens with zero attached hydrogens (tertiary/aromatic N) is 4. The van der Waals surface area contributed by atoms with Crippen molar-refractivity contribution in [3.8, 4) is 11.3 Å². The van der Waals surface area contributed by atoms with Crippen molar-refractivity contribution in [3.63, 3.8) is 0 Å². The topological polar surface area (TPSA) is 45.4 Å². The summed E-state index contributed by atoms with van der Waals surface area (Å²) >= 11 is 0. The van der Waals surface area contributed by atoms with Crippen molar-refractivity contribution in [2.45, 2.75) is 6.42 Å². The zero-order valence-electron chi connectivity index (χ0n) is 16.8. The maximum Gasteiger partial charge on any atom is 0.134 e. The van der Waals surface area contributed by atoms with Crippen LogP contribution in [0.25, 0.3) is 11.3 Å². The number of piperazine rings is 1. The van der Waals surface area contributed by atoms with Gasteiger partial charge in [-0.15, -0.1) is 0 Å². The first-order valence-corrected chi connectivity index (χ1v) is 10.3. The Morgan fingerprint density at radius 1 is 0.767 bits per heavy atom. The average Bonchev–Trinajstić information content (AvgIpc) is 3.35. The minimum atomic E-state index is 0.775. The minimum absolute atomic E-state index is 0.775. The first kappa shape index (κ1) is 18.4. The monoisotopic (exact) mass is 396 g/mol. The van der Waals surface area contributed by atoms with Crippen molar-refractivity contribution in [1.29, 1.82) is 0 Å². The lowest BCUT2D eigenvalue weighted by molar-refractivity contribution is 0.581. The molecule has 5 rings (SSSR count). The Kier molecular flexibility index (Phi) is 5.17. The summed E-state index contributed by atoms with van der Waals surface area (Å²) in [5.41, 5.74) is 5.92. The van der Waals surface area contributed by atoms with Crippen LogP contribution in [0.2, 0.25) is 0 Å². The molecule has 0 radical (unpaired) electrons. The van der Waals surface area contributed by atoms with Crippen LogP contribution in [0.4, 0.5) is 11.4 Å². The van der Waals surface area contributed by atoms with Gasteiger partial charge in [0.15, 0.2) is 0 Å². The van der Waals surface area contributed by atoms with E-state index in [1.807, 2.05) is 36.8 Å². The van der Waals surface area contributed by atoms with Crippen molar-refractivity contribution in [2.24, 2.45) is 0 Å². The molecular weight excluding hydrogens is 372 g/mol. The Hall–Kier alpha value is -3.60. The Balaban J connectivity index is 1.36. The fourth-order valence-electron chi connectivity index (χ4n) is 4.14. The van der Waals surface area contributed by atoms with Crippen LogP contribution >= 0.6 is 0 Å². The van der Waals surface area contributed by atoms with E-state index >= 15 is 0 Å².